The quantitative estimate of drug-likeness (QED) is 0.676. The molecule has 3 heteroatoms. The van der Waals surface area contributed by atoms with Crippen LogP contribution >= 0.6 is 11.9 Å². The Morgan fingerprint density at radius 3 is 2.15 bits per heavy atom. The topological polar surface area (TPSA) is 32.3 Å². The van der Waals surface area contributed by atoms with Gasteiger partial charge in [-0.05, 0) is 46.5 Å². The fourth-order valence-corrected chi connectivity index (χ4v) is 2.21. The molecule has 1 aliphatic rings. The van der Waals surface area contributed by atoms with Crippen LogP contribution in [-0.4, -0.2) is 22.0 Å². The predicted octanol–water partition coefficient (Wildman–Crippen LogP) is 2.33. The van der Waals surface area contributed by atoms with E-state index in [1.54, 1.807) is 0 Å². The van der Waals surface area contributed by atoms with Crippen LogP contribution in [0.15, 0.2) is 0 Å². The largest absolute Gasteiger partial charge is 0.393 e. The van der Waals surface area contributed by atoms with E-state index in [0.717, 1.165) is 25.7 Å². The zero-order valence-corrected chi connectivity index (χ0v) is 9.66. The first-order valence-electron chi connectivity index (χ1n) is 5.09. The molecule has 0 atom stereocenters. The lowest BCUT2D eigenvalue weighted by Gasteiger charge is -2.28. The van der Waals surface area contributed by atoms with Gasteiger partial charge in [-0.15, -0.1) is 0 Å². The average molecular weight is 203 g/mol. The lowest BCUT2D eigenvalue weighted by atomic mass is 9.94. The van der Waals surface area contributed by atoms with Crippen molar-refractivity contribution in [2.24, 2.45) is 0 Å². The summed E-state index contributed by atoms with van der Waals surface area (Å²) in [6, 6.07) is 0.604. The summed E-state index contributed by atoms with van der Waals surface area (Å²) in [5, 5.41) is 9.32. The van der Waals surface area contributed by atoms with E-state index in [1.165, 1.54) is 0 Å². The Bertz CT molecular complexity index is 147. The maximum Gasteiger partial charge on any atom is 0.0541 e. The van der Waals surface area contributed by atoms with E-state index in [-0.39, 0.29) is 10.9 Å². The van der Waals surface area contributed by atoms with Crippen molar-refractivity contribution in [1.82, 2.24) is 4.72 Å². The van der Waals surface area contributed by atoms with Crippen LogP contribution in [0.1, 0.15) is 46.5 Å². The first kappa shape index (κ1) is 11.3. The number of aliphatic hydroxyl groups is 1. The molecule has 0 unspecified atom stereocenters. The molecule has 2 N–H and O–H groups in total. The minimum atomic E-state index is -0.0438. The first-order chi connectivity index (χ1) is 5.97. The summed E-state index contributed by atoms with van der Waals surface area (Å²) in [6.07, 6.45) is 4.11. The van der Waals surface area contributed by atoms with Crippen molar-refractivity contribution in [1.29, 1.82) is 0 Å². The van der Waals surface area contributed by atoms with Gasteiger partial charge in [-0.1, -0.05) is 11.9 Å². The third-order valence-electron chi connectivity index (χ3n) is 2.23. The van der Waals surface area contributed by atoms with Crippen molar-refractivity contribution in [3.63, 3.8) is 0 Å². The van der Waals surface area contributed by atoms with Gasteiger partial charge in [0.15, 0.2) is 0 Å². The summed E-state index contributed by atoms with van der Waals surface area (Å²) in [7, 11) is 0. The molecule has 1 rings (SSSR count). The summed E-state index contributed by atoms with van der Waals surface area (Å²) in [5.74, 6) is 0. The number of aliphatic hydroxyl groups excluding tert-OH is 1. The zero-order chi connectivity index (χ0) is 9.90. The third-order valence-corrected chi connectivity index (χ3v) is 3.29. The van der Waals surface area contributed by atoms with Crippen LogP contribution in [0.2, 0.25) is 0 Å². The van der Waals surface area contributed by atoms with E-state index in [1.807, 2.05) is 11.9 Å². The molecule has 0 radical (unpaired) electrons. The molecule has 0 heterocycles. The molecule has 78 valence electrons. The Labute approximate surface area is 85.6 Å². The Balaban J connectivity index is 2.16. The van der Waals surface area contributed by atoms with Crippen LogP contribution in [0.4, 0.5) is 0 Å². The van der Waals surface area contributed by atoms with Crippen LogP contribution < -0.4 is 4.72 Å². The van der Waals surface area contributed by atoms with Gasteiger partial charge in [0.2, 0.25) is 0 Å². The van der Waals surface area contributed by atoms with Gasteiger partial charge in [0.05, 0.1) is 6.10 Å². The maximum atomic E-state index is 9.32. The Morgan fingerprint density at radius 2 is 1.69 bits per heavy atom. The second-order valence-corrected chi connectivity index (χ2v) is 6.50. The van der Waals surface area contributed by atoms with Gasteiger partial charge in [0.1, 0.15) is 0 Å². The molecule has 0 aromatic heterocycles. The Hall–Kier alpha value is 0.270. The molecule has 0 spiro atoms. The molecule has 0 bridgehead atoms. The normalized spacial score (nSPS) is 30.5. The van der Waals surface area contributed by atoms with Crippen LogP contribution in [0, 0.1) is 0 Å². The molecule has 13 heavy (non-hydrogen) atoms. The van der Waals surface area contributed by atoms with Crippen LogP contribution in [-0.2, 0) is 0 Å². The van der Waals surface area contributed by atoms with Crippen LogP contribution in [0.5, 0.6) is 0 Å². The summed E-state index contributed by atoms with van der Waals surface area (Å²) >= 11 is 1.81. The van der Waals surface area contributed by atoms with E-state index in [9.17, 15) is 5.11 Å². The summed E-state index contributed by atoms with van der Waals surface area (Å²) < 4.78 is 3.78. The molecule has 2 nitrogen and oxygen atoms in total. The van der Waals surface area contributed by atoms with E-state index < -0.39 is 0 Å². The minimum absolute atomic E-state index is 0.0438. The first-order valence-corrected chi connectivity index (χ1v) is 5.90. The predicted molar refractivity (Wildman–Crippen MR) is 58.7 cm³/mol. The Kier molecular flexibility index (Phi) is 4.07. The highest BCUT2D eigenvalue weighted by Crippen LogP contribution is 2.25. The van der Waals surface area contributed by atoms with Gasteiger partial charge >= 0.3 is 0 Å². The average Bonchev–Trinajstić information content (AvgIpc) is 2.02. The molecule has 0 amide bonds. The lowest BCUT2D eigenvalue weighted by molar-refractivity contribution is 0.121. The van der Waals surface area contributed by atoms with Crippen molar-refractivity contribution >= 4 is 11.9 Å². The zero-order valence-electron chi connectivity index (χ0n) is 8.84. The third kappa shape index (κ3) is 4.89. The molecule has 0 aliphatic heterocycles. The molecule has 0 aromatic carbocycles. The molecular weight excluding hydrogens is 182 g/mol. The molecule has 0 aromatic rings. The molecule has 0 saturated heterocycles. The summed E-state index contributed by atoms with van der Waals surface area (Å²) in [6.45, 7) is 6.63. The van der Waals surface area contributed by atoms with Gasteiger partial charge in [-0.2, -0.15) is 0 Å². The monoisotopic (exact) mass is 203 g/mol. The van der Waals surface area contributed by atoms with Gasteiger partial charge < -0.3 is 5.11 Å². The van der Waals surface area contributed by atoms with Gasteiger partial charge in [-0.3, -0.25) is 4.72 Å². The fraction of sp³-hybridized carbons (Fsp3) is 1.00. The van der Waals surface area contributed by atoms with E-state index in [0.29, 0.717) is 6.04 Å². The highest BCUT2D eigenvalue weighted by Gasteiger charge is 2.21. The van der Waals surface area contributed by atoms with E-state index >= 15 is 0 Å². The lowest BCUT2D eigenvalue weighted by Crippen LogP contribution is -2.33. The van der Waals surface area contributed by atoms with Crippen molar-refractivity contribution in [3.05, 3.63) is 0 Å². The van der Waals surface area contributed by atoms with E-state index in [2.05, 4.69) is 25.5 Å². The molecule has 1 aliphatic carbocycles. The number of hydrogen-bond donors (Lipinski definition) is 2. The highest BCUT2D eigenvalue weighted by atomic mass is 32.2. The summed E-state index contributed by atoms with van der Waals surface area (Å²) in [4.78, 5) is 0. The Morgan fingerprint density at radius 1 is 1.15 bits per heavy atom. The fourth-order valence-electron chi connectivity index (χ4n) is 1.45. The minimum Gasteiger partial charge on any atom is -0.393 e. The standard InChI is InChI=1S/C10H21NOS/c1-10(2,3)13-11-8-4-6-9(12)7-5-8/h8-9,11-12H,4-7H2,1-3H3. The smallest absolute Gasteiger partial charge is 0.0541 e. The second-order valence-electron chi connectivity index (χ2n) is 4.84. The van der Waals surface area contributed by atoms with Gasteiger partial charge in [0, 0.05) is 10.8 Å². The van der Waals surface area contributed by atoms with Crippen molar-refractivity contribution in [2.45, 2.75) is 63.3 Å². The van der Waals surface area contributed by atoms with Crippen molar-refractivity contribution < 1.29 is 5.11 Å². The second kappa shape index (κ2) is 4.67. The molecule has 1 fully saturated rings. The number of rotatable bonds is 2. The van der Waals surface area contributed by atoms with Crippen molar-refractivity contribution in [3.8, 4) is 0 Å². The summed E-state index contributed by atoms with van der Waals surface area (Å²) in [5.41, 5.74) is 0. The number of hydrogen-bond acceptors (Lipinski definition) is 3. The van der Waals surface area contributed by atoms with E-state index in [4.69, 9.17) is 0 Å². The number of nitrogens with one attached hydrogen (secondary N) is 1. The van der Waals surface area contributed by atoms with Crippen LogP contribution in [0.25, 0.3) is 0 Å². The highest BCUT2D eigenvalue weighted by molar-refractivity contribution is 7.98. The van der Waals surface area contributed by atoms with Gasteiger partial charge in [0.25, 0.3) is 0 Å². The van der Waals surface area contributed by atoms with Gasteiger partial charge in [-0.25, -0.2) is 0 Å². The maximum absolute atomic E-state index is 9.32. The molecule has 1 saturated carbocycles. The van der Waals surface area contributed by atoms with Crippen LogP contribution in [0.3, 0.4) is 0 Å². The van der Waals surface area contributed by atoms with Crippen molar-refractivity contribution in [2.75, 3.05) is 0 Å². The molecular formula is C10H21NOS. The SMILES string of the molecule is CC(C)(C)SNC1CCC(O)CC1.